The molecule has 128 valence electrons. The quantitative estimate of drug-likeness (QED) is 0.939. The number of aromatic amines is 1. The van der Waals surface area contributed by atoms with Crippen molar-refractivity contribution in [2.45, 2.75) is 37.3 Å². The summed E-state index contributed by atoms with van der Waals surface area (Å²) in [6.45, 7) is 0.487. The van der Waals surface area contributed by atoms with Gasteiger partial charge < -0.3 is 19.5 Å². The van der Waals surface area contributed by atoms with Gasteiger partial charge >= 0.3 is 6.09 Å². The van der Waals surface area contributed by atoms with Gasteiger partial charge in [0.15, 0.2) is 0 Å². The third kappa shape index (κ3) is 2.57. The van der Waals surface area contributed by atoms with Crippen LogP contribution in [0.3, 0.4) is 0 Å². The number of aromatic nitrogens is 1. The van der Waals surface area contributed by atoms with E-state index in [1.807, 2.05) is 7.05 Å². The van der Waals surface area contributed by atoms with Gasteiger partial charge in [-0.05, 0) is 62.5 Å². The summed E-state index contributed by atoms with van der Waals surface area (Å²) < 4.78 is 5.12. The Balaban J connectivity index is 1.54. The predicted molar refractivity (Wildman–Crippen MR) is 94.4 cm³/mol. The number of hydrogen-bond acceptors (Lipinski definition) is 3. The van der Waals surface area contributed by atoms with Gasteiger partial charge in [-0.3, -0.25) is 0 Å². The van der Waals surface area contributed by atoms with Gasteiger partial charge in [0.2, 0.25) is 0 Å². The molecule has 2 aromatic rings. The molecular weight excluding hydrogens is 302 g/mol. The summed E-state index contributed by atoms with van der Waals surface area (Å²) in [7, 11) is 6.14. The Bertz CT molecular complexity index is 761. The van der Waals surface area contributed by atoms with E-state index in [0.717, 1.165) is 6.42 Å². The molecule has 1 saturated heterocycles. The van der Waals surface area contributed by atoms with Crippen molar-refractivity contribution in [3.8, 4) is 0 Å². The second-order valence-corrected chi connectivity index (χ2v) is 7.46. The first kappa shape index (κ1) is 15.5. The van der Waals surface area contributed by atoms with E-state index in [-0.39, 0.29) is 12.1 Å². The lowest BCUT2D eigenvalue weighted by Gasteiger charge is -2.39. The van der Waals surface area contributed by atoms with E-state index in [0.29, 0.717) is 18.6 Å². The van der Waals surface area contributed by atoms with Crippen LogP contribution >= 0.6 is 0 Å². The van der Waals surface area contributed by atoms with Gasteiger partial charge in [-0.2, -0.15) is 0 Å². The summed E-state index contributed by atoms with van der Waals surface area (Å²) in [5, 5.41) is 1.34. The molecule has 0 radical (unpaired) electrons. The van der Waals surface area contributed by atoms with E-state index >= 15 is 0 Å². The number of nitrogens with zero attached hydrogens (tertiary/aromatic N) is 2. The SMILES string of the molecule is CN(C)C1CC(c2c[nH]c3ccc(C[C@H]4COC(=O)N4C)cc23)C1. The Morgan fingerprint density at radius 3 is 2.79 bits per heavy atom. The highest BCUT2D eigenvalue weighted by Gasteiger charge is 2.33. The third-order valence-electron chi connectivity index (χ3n) is 5.77. The number of amides is 1. The highest BCUT2D eigenvalue weighted by molar-refractivity contribution is 5.84. The fraction of sp³-hybridized carbons (Fsp3) is 0.526. The Morgan fingerprint density at radius 2 is 2.12 bits per heavy atom. The molecule has 1 aromatic heterocycles. The summed E-state index contributed by atoms with van der Waals surface area (Å²) in [4.78, 5) is 19.0. The van der Waals surface area contributed by atoms with E-state index in [9.17, 15) is 4.79 Å². The van der Waals surface area contributed by atoms with E-state index in [1.54, 1.807) is 4.90 Å². The predicted octanol–water partition coefficient (Wildman–Crippen LogP) is 2.97. The normalized spacial score (nSPS) is 26.9. The Morgan fingerprint density at radius 1 is 1.33 bits per heavy atom. The van der Waals surface area contributed by atoms with Gasteiger partial charge in [0.05, 0.1) is 6.04 Å². The molecule has 2 fully saturated rings. The summed E-state index contributed by atoms with van der Waals surface area (Å²) in [6, 6.07) is 7.45. The average Bonchev–Trinajstić information content (AvgIpc) is 3.04. The van der Waals surface area contributed by atoms with Gasteiger partial charge in [-0.15, -0.1) is 0 Å². The molecule has 0 spiro atoms. The second-order valence-electron chi connectivity index (χ2n) is 7.46. The molecule has 1 aliphatic carbocycles. The van der Waals surface area contributed by atoms with Crippen LogP contribution in [0.2, 0.25) is 0 Å². The van der Waals surface area contributed by atoms with E-state index < -0.39 is 0 Å². The molecule has 2 heterocycles. The monoisotopic (exact) mass is 327 g/mol. The van der Waals surface area contributed by atoms with Gasteiger partial charge in [-0.25, -0.2) is 4.79 Å². The number of carbonyl (C=O) groups excluding carboxylic acids is 1. The Labute approximate surface area is 142 Å². The van der Waals surface area contributed by atoms with Gasteiger partial charge in [0, 0.05) is 30.2 Å². The summed E-state index contributed by atoms with van der Waals surface area (Å²) in [6.07, 6.45) is 5.27. The molecule has 4 rings (SSSR count). The topological polar surface area (TPSA) is 48.6 Å². The number of carbonyl (C=O) groups is 1. The fourth-order valence-electron chi connectivity index (χ4n) is 3.92. The van der Waals surface area contributed by atoms with Crippen LogP contribution in [-0.4, -0.2) is 60.7 Å². The maximum atomic E-state index is 11.5. The standard InChI is InChI=1S/C19H25N3O2/c1-21(2)14-8-13(9-14)17-10-20-18-5-4-12(7-16(17)18)6-15-11-24-19(23)22(15)3/h4-5,7,10,13-15,20H,6,8-9,11H2,1-3H3/t13?,14?,15-/m0/s1. The first-order valence-corrected chi connectivity index (χ1v) is 8.69. The highest BCUT2D eigenvalue weighted by Crippen LogP contribution is 2.42. The lowest BCUT2D eigenvalue weighted by Crippen LogP contribution is -2.39. The van der Waals surface area contributed by atoms with Crippen molar-refractivity contribution in [2.75, 3.05) is 27.7 Å². The molecule has 2 aliphatic rings. The highest BCUT2D eigenvalue weighted by atomic mass is 16.6. The number of nitrogens with one attached hydrogen (secondary N) is 1. The molecule has 1 amide bonds. The Kier molecular flexibility index (Phi) is 3.76. The van der Waals surface area contributed by atoms with Crippen LogP contribution in [0, 0.1) is 0 Å². The molecule has 1 saturated carbocycles. The average molecular weight is 327 g/mol. The lowest BCUT2D eigenvalue weighted by molar-refractivity contribution is 0.163. The van der Waals surface area contributed by atoms with Crippen LogP contribution in [0.5, 0.6) is 0 Å². The molecule has 1 N–H and O–H groups in total. The first-order chi connectivity index (χ1) is 11.5. The van der Waals surface area contributed by atoms with Crippen molar-refractivity contribution < 1.29 is 9.53 Å². The number of H-pyrrole nitrogens is 1. The number of benzene rings is 1. The van der Waals surface area contributed by atoms with E-state index in [1.165, 1.54) is 34.9 Å². The molecule has 5 heteroatoms. The van der Waals surface area contributed by atoms with Crippen molar-refractivity contribution in [2.24, 2.45) is 0 Å². The molecule has 1 aromatic carbocycles. The van der Waals surface area contributed by atoms with Crippen LogP contribution < -0.4 is 0 Å². The van der Waals surface area contributed by atoms with Crippen molar-refractivity contribution in [1.29, 1.82) is 0 Å². The van der Waals surface area contributed by atoms with Gasteiger partial charge in [0.1, 0.15) is 6.61 Å². The molecule has 1 atom stereocenters. The maximum absolute atomic E-state index is 11.5. The van der Waals surface area contributed by atoms with Crippen LogP contribution in [-0.2, 0) is 11.2 Å². The molecule has 24 heavy (non-hydrogen) atoms. The number of ether oxygens (including phenoxy) is 1. The van der Waals surface area contributed by atoms with Crippen LogP contribution in [0.25, 0.3) is 10.9 Å². The van der Waals surface area contributed by atoms with Crippen molar-refractivity contribution in [3.63, 3.8) is 0 Å². The molecule has 1 aliphatic heterocycles. The first-order valence-electron chi connectivity index (χ1n) is 8.69. The number of rotatable bonds is 4. The third-order valence-corrected chi connectivity index (χ3v) is 5.77. The zero-order chi connectivity index (χ0) is 16.8. The zero-order valence-electron chi connectivity index (χ0n) is 14.6. The van der Waals surface area contributed by atoms with E-state index in [4.69, 9.17) is 4.74 Å². The minimum absolute atomic E-state index is 0.138. The second kappa shape index (κ2) is 5.81. The summed E-state index contributed by atoms with van der Waals surface area (Å²) in [5.74, 6) is 0.653. The summed E-state index contributed by atoms with van der Waals surface area (Å²) >= 11 is 0. The minimum Gasteiger partial charge on any atom is -0.447 e. The molecule has 0 unspecified atom stereocenters. The molecular formula is C19H25N3O2. The van der Waals surface area contributed by atoms with Crippen LogP contribution in [0.1, 0.15) is 29.9 Å². The largest absolute Gasteiger partial charge is 0.447 e. The van der Waals surface area contributed by atoms with Crippen molar-refractivity contribution in [1.82, 2.24) is 14.8 Å². The van der Waals surface area contributed by atoms with Gasteiger partial charge in [0.25, 0.3) is 0 Å². The van der Waals surface area contributed by atoms with E-state index in [2.05, 4.69) is 48.4 Å². The Hall–Kier alpha value is -2.01. The molecule has 0 bridgehead atoms. The molecule has 5 nitrogen and oxygen atoms in total. The number of cyclic esters (lactones) is 1. The van der Waals surface area contributed by atoms with Crippen LogP contribution in [0.4, 0.5) is 4.79 Å². The van der Waals surface area contributed by atoms with Crippen molar-refractivity contribution in [3.05, 3.63) is 35.5 Å². The smallest absolute Gasteiger partial charge is 0.409 e. The maximum Gasteiger partial charge on any atom is 0.409 e. The fourth-order valence-corrected chi connectivity index (χ4v) is 3.92. The zero-order valence-corrected chi connectivity index (χ0v) is 14.6. The van der Waals surface area contributed by atoms with Gasteiger partial charge in [-0.1, -0.05) is 6.07 Å². The van der Waals surface area contributed by atoms with Crippen LogP contribution in [0.15, 0.2) is 24.4 Å². The number of hydrogen-bond donors (Lipinski definition) is 1. The lowest BCUT2D eigenvalue weighted by atomic mass is 9.75. The number of likely N-dealkylation sites (N-methyl/N-ethyl adjacent to an activating group) is 1. The minimum atomic E-state index is -0.215. The van der Waals surface area contributed by atoms with Crippen molar-refractivity contribution >= 4 is 17.0 Å². The number of fused-ring (bicyclic) bond motifs is 1. The summed E-state index contributed by atoms with van der Waals surface area (Å²) in [5.41, 5.74) is 3.91.